The number of carbonyl (C=O) groups is 1. The van der Waals surface area contributed by atoms with Crippen LogP contribution in [0.5, 0.6) is 5.75 Å². The second kappa shape index (κ2) is 7.61. The first-order valence-corrected chi connectivity index (χ1v) is 9.18. The zero-order valence-electron chi connectivity index (χ0n) is 15.0. The first-order chi connectivity index (χ1) is 13.2. The summed E-state index contributed by atoms with van der Waals surface area (Å²) in [6.07, 6.45) is 5.55. The Balaban J connectivity index is 1.36. The van der Waals surface area contributed by atoms with Gasteiger partial charge in [0, 0.05) is 42.6 Å². The van der Waals surface area contributed by atoms with Crippen molar-refractivity contribution >= 4 is 22.5 Å². The SMILES string of the molecule is NC(=O)c1cc(OCC2CCN(c3ccnc4ccccc34)CC2)ccn1. The maximum Gasteiger partial charge on any atom is 0.267 e. The number of rotatable bonds is 5. The summed E-state index contributed by atoms with van der Waals surface area (Å²) < 4.78 is 5.87. The minimum Gasteiger partial charge on any atom is -0.493 e. The van der Waals surface area contributed by atoms with Crippen LogP contribution in [0.3, 0.4) is 0 Å². The topological polar surface area (TPSA) is 81.3 Å². The Bertz CT molecular complexity index is 946. The summed E-state index contributed by atoms with van der Waals surface area (Å²) in [5.41, 5.74) is 7.77. The summed E-state index contributed by atoms with van der Waals surface area (Å²) >= 11 is 0. The third-order valence-corrected chi connectivity index (χ3v) is 5.05. The first kappa shape index (κ1) is 17.3. The van der Waals surface area contributed by atoms with E-state index in [0.717, 1.165) is 31.4 Å². The number of aromatic nitrogens is 2. The number of nitrogens with zero attached hydrogens (tertiary/aromatic N) is 3. The van der Waals surface area contributed by atoms with E-state index in [0.29, 0.717) is 18.3 Å². The van der Waals surface area contributed by atoms with Crippen molar-refractivity contribution in [1.82, 2.24) is 9.97 Å². The number of hydrogen-bond donors (Lipinski definition) is 1. The van der Waals surface area contributed by atoms with Crippen LogP contribution >= 0.6 is 0 Å². The van der Waals surface area contributed by atoms with Gasteiger partial charge in [0.15, 0.2) is 0 Å². The molecule has 0 atom stereocenters. The Kier molecular flexibility index (Phi) is 4.87. The van der Waals surface area contributed by atoms with Gasteiger partial charge < -0.3 is 15.4 Å². The predicted octanol–water partition coefficient (Wildman–Crippen LogP) is 3.02. The zero-order chi connectivity index (χ0) is 18.6. The van der Waals surface area contributed by atoms with Crippen molar-refractivity contribution in [3.05, 3.63) is 60.6 Å². The van der Waals surface area contributed by atoms with Gasteiger partial charge in [-0.25, -0.2) is 0 Å². The number of hydrogen-bond acceptors (Lipinski definition) is 5. The number of carbonyl (C=O) groups excluding carboxylic acids is 1. The Hall–Kier alpha value is -3.15. The molecule has 138 valence electrons. The fourth-order valence-electron chi connectivity index (χ4n) is 3.55. The molecule has 1 fully saturated rings. The van der Waals surface area contributed by atoms with Crippen LogP contribution in [0.25, 0.3) is 10.9 Å². The molecule has 0 radical (unpaired) electrons. The average molecular weight is 362 g/mol. The van der Waals surface area contributed by atoms with E-state index < -0.39 is 5.91 Å². The highest BCUT2D eigenvalue weighted by Crippen LogP contribution is 2.29. The number of para-hydroxylation sites is 1. The summed E-state index contributed by atoms with van der Waals surface area (Å²) in [7, 11) is 0. The Labute approximate surface area is 158 Å². The maximum atomic E-state index is 11.2. The van der Waals surface area contributed by atoms with Crippen LogP contribution in [0.4, 0.5) is 5.69 Å². The van der Waals surface area contributed by atoms with Gasteiger partial charge in [-0.3, -0.25) is 14.8 Å². The van der Waals surface area contributed by atoms with E-state index >= 15 is 0 Å². The average Bonchev–Trinajstić information content (AvgIpc) is 2.72. The maximum absolute atomic E-state index is 11.2. The van der Waals surface area contributed by atoms with Gasteiger partial charge >= 0.3 is 0 Å². The molecule has 0 aliphatic carbocycles. The number of nitrogens with two attached hydrogens (primary N) is 1. The first-order valence-electron chi connectivity index (χ1n) is 9.18. The number of anilines is 1. The van der Waals surface area contributed by atoms with Crippen molar-refractivity contribution in [3.63, 3.8) is 0 Å². The van der Waals surface area contributed by atoms with Gasteiger partial charge in [0.25, 0.3) is 5.91 Å². The van der Waals surface area contributed by atoms with Crippen molar-refractivity contribution < 1.29 is 9.53 Å². The molecular weight excluding hydrogens is 340 g/mol. The fourth-order valence-corrected chi connectivity index (χ4v) is 3.55. The number of primary amides is 1. The number of benzene rings is 1. The molecule has 3 aromatic rings. The number of fused-ring (bicyclic) bond motifs is 1. The zero-order valence-corrected chi connectivity index (χ0v) is 15.0. The molecule has 1 amide bonds. The molecule has 27 heavy (non-hydrogen) atoms. The monoisotopic (exact) mass is 362 g/mol. The van der Waals surface area contributed by atoms with E-state index in [9.17, 15) is 4.79 Å². The number of ether oxygens (including phenoxy) is 1. The molecular formula is C21H22N4O2. The van der Waals surface area contributed by atoms with Crippen molar-refractivity contribution in [2.45, 2.75) is 12.8 Å². The molecule has 6 heteroatoms. The van der Waals surface area contributed by atoms with Crippen LogP contribution < -0.4 is 15.4 Å². The molecule has 0 saturated carbocycles. The van der Waals surface area contributed by atoms with E-state index in [1.807, 2.05) is 12.3 Å². The van der Waals surface area contributed by atoms with Gasteiger partial charge in [-0.1, -0.05) is 18.2 Å². The molecule has 4 rings (SSSR count). The largest absolute Gasteiger partial charge is 0.493 e. The van der Waals surface area contributed by atoms with Crippen LogP contribution in [0, 0.1) is 5.92 Å². The smallest absolute Gasteiger partial charge is 0.267 e. The van der Waals surface area contributed by atoms with E-state index in [1.165, 1.54) is 11.1 Å². The minimum atomic E-state index is -0.543. The summed E-state index contributed by atoms with van der Waals surface area (Å²) in [6.45, 7) is 2.61. The number of pyridine rings is 2. The minimum absolute atomic E-state index is 0.229. The lowest BCUT2D eigenvalue weighted by atomic mass is 9.97. The van der Waals surface area contributed by atoms with Crippen molar-refractivity contribution in [1.29, 1.82) is 0 Å². The highest BCUT2D eigenvalue weighted by Gasteiger charge is 2.21. The molecule has 1 aliphatic heterocycles. The third kappa shape index (κ3) is 3.84. The lowest BCUT2D eigenvalue weighted by Gasteiger charge is -2.34. The van der Waals surface area contributed by atoms with Gasteiger partial charge in [-0.05, 0) is 37.0 Å². The Morgan fingerprint density at radius 2 is 1.89 bits per heavy atom. The van der Waals surface area contributed by atoms with E-state index in [2.05, 4.69) is 39.1 Å². The molecule has 0 unspecified atom stereocenters. The second-order valence-electron chi connectivity index (χ2n) is 6.83. The van der Waals surface area contributed by atoms with Gasteiger partial charge in [0.05, 0.1) is 12.1 Å². The van der Waals surface area contributed by atoms with E-state index in [1.54, 1.807) is 18.3 Å². The van der Waals surface area contributed by atoms with Crippen molar-refractivity contribution in [2.75, 3.05) is 24.6 Å². The lowest BCUT2D eigenvalue weighted by molar-refractivity contribution is 0.0995. The molecule has 3 heterocycles. The normalized spacial score (nSPS) is 15.0. The van der Waals surface area contributed by atoms with Crippen LogP contribution in [-0.4, -0.2) is 35.6 Å². The number of piperidine rings is 1. The molecule has 0 bridgehead atoms. The lowest BCUT2D eigenvalue weighted by Crippen LogP contribution is -2.35. The van der Waals surface area contributed by atoms with Crippen molar-refractivity contribution in [3.8, 4) is 5.75 Å². The van der Waals surface area contributed by atoms with Gasteiger partial charge in [0.2, 0.25) is 0 Å². The van der Waals surface area contributed by atoms with Crippen molar-refractivity contribution in [2.24, 2.45) is 11.7 Å². The summed E-state index contributed by atoms with van der Waals surface area (Å²) in [6, 6.07) is 13.7. The highest BCUT2D eigenvalue weighted by molar-refractivity contribution is 5.91. The molecule has 6 nitrogen and oxygen atoms in total. The molecule has 0 spiro atoms. The molecule has 1 aromatic carbocycles. The summed E-state index contributed by atoms with van der Waals surface area (Å²) in [5, 5.41) is 1.20. The second-order valence-corrected chi connectivity index (χ2v) is 6.83. The van der Waals surface area contributed by atoms with Crippen LogP contribution in [0.1, 0.15) is 23.3 Å². The van der Waals surface area contributed by atoms with Gasteiger partial charge in [0.1, 0.15) is 11.4 Å². The predicted molar refractivity (Wildman–Crippen MR) is 105 cm³/mol. The molecule has 1 aliphatic rings. The molecule has 2 N–H and O–H groups in total. The highest BCUT2D eigenvalue weighted by atomic mass is 16.5. The van der Waals surface area contributed by atoms with E-state index in [4.69, 9.17) is 10.5 Å². The quantitative estimate of drug-likeness (QED) is 0.754. The standard InChI is InChI=1S/C21H22N4O2/c22-21(26)19-13-16(5-9-24-19)27-14-15-7-11-25(12-8-15)20-6-10-23-18-4-2-1-3-17(18)20/h1-6,9-10,13,15H,7-8,11-12,14H2,(H2,22,26). The molecule has 2 aromatic heterocycles. The van der Waals surface area contributed by atoms with Crippen LogP contribution in [-0.2, 0) is 0 Å². The van der Waals surface area contributed by atoms with Crippen LogP contribution in [0.15, 0.2) is 54.9 Å². The Morgan fingerprint density at radius 1 is 1.11 bits per heavy atom. The Morgan fingerprint density at radius 3 is 2.70 bits per heavy atom. The summed E-state index contributed by atoms with van der Waals surface area (Å²) in [4.78, 5) is 22.0. The third-order valence-electron chi connectivity index (χ3n) is 5.05. The summed E-state index contributed by atoms with van der Waals surface area (Å²) in [5.74, 6) is 0.583. The number of amides is 1. The molecule has 1 saturated heterocycles. The van der Waals surface area contributed by atoms with Gasteiger partial charge in [-0.2, -0.15) is 0 Å². The van der Waals surface area contributed by atoms with Gasteiger partial charge in [-0.15, -0.1) is 0 Å². The fraction of sp³-hybridized carbons (Fsp3) is 0.286. The van der Waals surface area contributed by atoms with E-state index in [-0.39, 0.29) is 5.69 Å². The van der Waals surface area contributed by atoms with Crippen LogP contribution in [0.2, 0.25) is 0 Å².